The summed E-state index contributed by atoms with van der Waals surface area (Å²) in [6.45, 7) is 0. The molecule has 0 saturated carbocycles. The van der Waals surface area contributed by atoms with Gasteiger partial charge in [-0.1, -0.05) is 0 Å². The minimum absolute atomic E-state index is 0.0435. The van der Waals surface area contributed by atoms with Crippen LogP contribution >= 0.6 is 12.2 Å². The van der Waals surface area contributed by atoms with Crippen LogP contribution in [0.4, 0.5) is 0 Å². The monoisotopic (exact) mass is 358 g/mol. The van der Waals surface area contributed by atoms with Gasteiger partial charge in [0.05, 0.1) is 30.7 Å². The van der Waals surface area contributed by atoms with Crippen molar-refractivity contribution in [1.29, 1.82) is 0 Å². The summed E-state index contributed by atoms with van der Waals surface area (Å²) < 4.78 is 11.4. The molecule has 0 radical (unpaired) electrons. The number of rotatable bonds is 4. The molecule has 3 rings (SSSR count). The van der Waals surface area contributed by atoms with Crippen LogP contribution in [0.3, 0.4) is 0 Å². The standard InChI is InChI=1S/C16H14N4O4S/c1-23-12-6-10-11(7-13(12)24-2)18-16(25)20(15(10)22)19-14(21)9-4-3-5-17-8-9/h3-8H,1-2H3,(H,18,25)(H,19,21). The molecule has 3 aromatic rings. The van der Waals surface area contributed by atoms with Crippen LogP contribution in [-0.4, -0.2) is 34.8 Å². The van der Waals surface area contributed by atoms with E-state index in [1.165, 1.54) is 26.5 Å². The van der Waals surface area contributed by atoms with Crippen molar-refractivity contribution in [2.75, 3.05) is 19.6 Å². The van der Waals surface area contributed by atoms with Gasteiger partial charge in [-0.25, -0.2) is 0 Å². The minimum Gasteiger partial charge on any atom is -0.493 e. The van der Waals surface area contributed by atoms with Crippen LogP contribution in [0, 0.1) is 4.77 Å². The van der Waals surface area contributed by atoms with Crippen LogP contribution < -0.4 is 20.5 Å². The van der Waals surface area contributed by atoms with Crippen LogP contribution in [0.2, 0.25) is 0 Å². The highest BCUT2D eigenvalue weighted by atomic mass is 32.1. The summed E-state index contributed by atoms with van der Waals surface area (Å²) in [6, 6.07) is 6.33. The topological polar surface area (TPSA) is 98.2 Å². The minimum atomic E-state index is -0.505. The van der Waals surface area contributed by atoms with Crippen molar-refractivity contribution in [2.24, 2.45) is 0 Å². The van der Waals surface area contributed by atoms with Crippen LogP contribution in [0.5, 0.6) is 11.5 Å². The molecule has 0 saturated heterocycles. The van der Waals surface area contributed by atoms with E-state index in [2.05, 4.69) is 15.4 Å². The van der Waals surface area contributed by atoms with Gasteiger partial charge in [0.15, 0.2) is 16.3 Å². The number of benzene rings is 1. The second-order valence-corrected chi connectivity index (χ2v) is 5.39. The number of hydrogen-bond acceptors (Lipinski definition) is 6. The van der Waals surface area contributed by atoms with Crippen molar-refractivity contribution in [1.82, 2.24) is 14.6 Å². The number of pyridine rings is 1. The summed E-state index contributed by atoms with van der Waals surface area (Å²) in [5.74, 6) is 0.342. The zero-order valence-electron chi connectivity index (χ0n) is 13.4. The van der Waals surface area contributed by atoms with Gasteiger partial charge in [0, 0.05) is 18.5 Å². The molecule has 1 aromatic carbocycles. The molecule has 8 nitrogen and oxygen atoms in total. The highest BCUT2D eigenvalue weighted by molar-refractivity contribution is 7.71. The summed E-state index contributed by atoms with van der Waals surface area (Å²) in [6.07, 6.45) is 2.94. The predicted molar refractivity (Wildman–Crippen MR) is 94.4 cm³/mol. The van der Waals surface area contributed by atoms with E-state index >= 15 is 0 Å². The fourth-order valence-corrected chi connectivity index (χ4v) is 2.55. The molecule has 2 aromatic heterocycles. The average Bonchev–Trinajstić information content (AvgIpc) is 2.64. The number of carbonyl (C=O) groups excluding carboxylic acids is 1. The Morgan fingerprint density at radius 3 is 2.64 bits per heavy atom. The molecule has 0 spiro atoms. The Hall–Kier alpha value is -3.20. The number of nitrogens with zero attached hydrogens (tertiary/aromatic N) is 2. The van der Waals surface area contributed by atoms with Gasteiger partial charge in [-0.2, -0.15) is 4.68 Å². The van der Waals surface area contributed by atoms with E-state index in [9.17, 15) is 9.59 Å². The Kier molecular flexibility index (Phi) is 4.48. The summed E-state index contributed by atoms with van der Waals surface area (Å²) in [7, 11) is 2.96. The molecule has 2 N–H and O–H groups in total. The lowest BCUT2D eigenvalue weighted by molar-refractivity contribution is 0.101. The van der Waals surface area contributed by atoms with Gasteiger partial charge in [0.2, 0.25) is 0 Å². The summed E-state index contributed by atoms with van der Waals surface area (Å²) in [5.41, 5.74) is 2.76. The molecule has 25 heavy (non-hydrogen) atoms. The maximum atomic E-state index is 12.7. The van der Waals surface area contributed by atoms with Crippen LogP contribution in [0.15, 0.2) is 41.5 Å². The summed E-state index contributed by atoms with van der Waals surface area (Å²) >= 11 is 5.18. The van der Waals surface area contributed by atoms with Crippen molar-refractivity contribution in [3.8, 4) is 11.5 Å². The van der Waals surface area contributed by atoms with Crippen molar-refractivity contribution >= 4 is 29.0 Å². The van der Waals surface area contributed by atoms with Crippen LogP contribution in [-0.2, 0) is 0 Å². The summed E-state index contributed by atoms with van der Waals surface area (Å²) in [5, 5.41) is 0.290. The van der Waals surface area contributed by atoms with Crippen molar-refractivity contribution in [3.63, 3.8) is 0 Å². The number of aromatic amines is 1. The number of ether oxygens (including phenoxy) is 2. The first-order valence-electron chi connectivity index (χ1n) is 7.17. The first kappa shape index (κ1) is 16.7. The Balaban J connectivity index is 2.12. The van der Waals surface area contributed by atoms with E-state index < -0.39 is 11.5 Å². The first-order chi connectivity index (χ1) is 12.0. The average molecular weight is 358 g/mol. The number of fused-ring (bicyclic) bond motifs is 1. The molecule has 0 fully saturated rings. The lowest BCUT2D eigenvalue weighted by atomic mass is 10.2. The molecule has 2 heterocycles. The highest BCUT2D eigenvalue weighted by Crippen LogP contribution is 2.29. The largest absolute Gasteiger partial charge is 0.493 e. The van der Waals surface area contributed by atoms with Crippen molar-refractivity contribution in [2.45, 2.75) is 0 Å². The zero-order chi connectivity index (χ0) is 18.0. The van der Waals surface area contributed by atoms with Crippen molar-refractivity contribution < 1.29 is 14.3 Å². The number of H-pyrrole nitrogens is 1. The first-order valence-corrected chi connectivity index (χ1v) is 7.58. The predicted octanol–water partition coefficient (Wildman–Crippen LogP) is 1.86. The van der Waals surface area contributed by atoms with Gasteiger partial charge in [-0.3, -0.25) is 20.0 Å². The molecule has 0 bridgehead atoms. The Morgan fingerprint density at radius 2 is 2.00 bits per heavy atom. The van der Waals surface area contributed by atoms with E-state index in [0.29, 0.717) is 22.6 Å². The molecule has 0 aliphatic carbocycles. The van der Waals surface area contributed by atoms with Gasteiger partial charge >= 0.3 is 0 Å². The molecule has 0 aliphatic rings. The Bertz CT molecular complexity index is 1060. The molecule has 0 aliphatic heterocycles. The number of aromatic nitrogens is 3. The highest BCUT2D eigenvalue weighted by Gasteiger charge is 2.14. The van der Waals surface area contributed by atoms with Gasteiger partial charge in [0.1, 0.15) is 0 Å². The second-order valence-electron chi connectivity index (χ2n) is 5.01. The van der Waals surface area contributed by atoms with E-state index in [4.69, 9.17) is 21.7 Å². The lowest BCUT2D eigenvalue weighted by Gasteiger charge is -2.12. The van der Waals surface area contributed by atoms with Gasteiger partial charge in [-0.05, 0) is 30.4 Å². The quantitative estimate of drug-likeness (QED) is 0.691. The second kappa shape index (κ2) is 6.73. The lowest BCUT2D eigenvalue weighted by Crippen LogP contribution is -2.34. The number of methoxy groups -OCH3 is 2. The Morgan fingerprint density at radius 1 is 1.28 bits per heavy atom. The van der Waals surface area contributed by atoms with Gasteiger partial charge in [-0.15, -0.1) is 0 Å². The third-order valence-electron chi connectivity index (χ3n) is 3.54. The van der Waals surface area contributed by atoms with E-state index in [1.807, 2.05) is 0 Å². The van der Waals surface area contributed by atoms with Crippen molar-refractivity contribution in [3.05, 3.63) is 57.3 Å². The molecular formula is C16H14N4O4S. The number of amides is 1. The van der Waals surface area contributed by atoms with E-state index in [0.717, 1.165) is 4.68 Å². The van der Waals surface area contributed by atoms with Crippen LogP contribution in [0.1, 0.15) is 10.4 Å². The maximum absolute atomic E-state index is 12.7. The fraction of sp³-hybridized carbons (Fsp3) is 0.125. The number of carbonyl (C=O) groups is 1. The summed E-state index contributed by atoms with van der Waals surface area (Å²) in [4.78, 5) is 31.8. The van der Waals surface area contributed by atoms with Gasteiger partial charge in [0.25, 0.3) is 11.5 Å². The zero-order valence-corrected chi connectivity index (χ0v) is 14.2. The normalized spacial score (nSPS) is 10.5. The molecule has 128 valence electrons. The fourth-order valence-electron chi connectivity index (χ4n) is 2.31. The van der Waals surface area contributed by atoms with Gasteiger partial charge < -0.3 is 14.5 Å². The molecule has 0 unspecified atom stereocenters. The third kappa shape index (κ3) is 3.09. The molecule has 0 atom stereocenters. The van der Waals surface area contributed by atoms with Crippen LogP contribution in [0.25, 0.3) is 10.9 Å². The smallest absolute Gasteiger partial charge is 0.281 e. The molecule has 1 amide bonds. The number of hydrogen-bond donors (Lipinski definition) is 2. The third-order valence-corrected chi connectivity index (χ3v) is 3.82. The van der Waals surface area contributed by atoms with E-state index in [1.54, 1.807) is 24.4 Å². The maximum Gasteiger partial charge on any atom is 0.281 e. The molecule has 9 heteroatoms. The SMILES string of the molecule is COc1cc2[nH]c(=S)n(NC(=O)c3cccnc3)c(=O)c2cc1OC. The number of nitrogens with one attached hydrogen (secondary N) is 2. The molecular weight excluding hydrogens is 344 g/mol. The van der Waals surface area contributed by atoms with E-state index in [-0.39, 0.29) is 10.2 Å². The Labute approximate surface area is 147 Å².